The maximum atomic E-state index is 12.9. The Morgan fingerprint density at radius 2 is 1.94 bits per heavy atom. The van der Waals surface area contributed by atoms with E-state index in [1.54, 1.807) is 0 Å². The molecule has 1 saturated heterocycles. The van der Waals surface area contributed by atoms with Crippen LogP contribution in [-0.2, 0) is 28.8 Å². The first-order chi connectivity index (χ1) is 14.9. The highest BCUT2D eigenvalue weighted by Gasteiger charge is 2.29. The summed E-state index contributed by atoms with van der Waals surface area (Å²) in [7, 11) is 0. The van der Waals surface area contributed by atoms with E-state index >= 15 is 0 Å². The van der Waals surface area contributed by atoms with Crippen molar-refractivity contribution < 1.29 is 13.6 Å². The minimum Gasteiger partial charge on any atom is -0.306 e. The lowest BCUT2D eigenvalue weighted by molar-refractivity contribution is -0.112. The van der Waals surface area contributed by atoms with Gasteiger partial charge in [-0.3, -0.25) is 14.7 Å². The quantitative estimate of drug-likeness (QED) is 0.543. The van der Waals surface area contributed by atoms with Crippen LogP contribution in [0.2, 0.25) is 0 Å². The summed E-state index contributed by atoms with van der Waals surface area (Å²) in [5, 5.41) is 0. The zero-order chi connectivity index (χ0) is 22.0. The van der Waals surface area contributed by atoms with Gasteiger partial charge in [-0.05, 0) is 61.3 Å². The summed E-state index contributed by atoms with van der Waals surface area (Å²) in [5.74, 6) is 0.174. The Kier molecular flexibility index (Phi) is 6.96. The molecule has 7 heteroatoms. The highest BCUT2D eigenvalue weighted by atomic mass is 32.2. The molecule has 3 aliphatic rings. The minimum absolute atomic E-state index is 0.0397. The highest BCUT2D eigenvalue weighted by molar-refractivity contribution is 7.79. The van der Waals surface area contributed by atoms with Crippen LogP contribution in [0.3, 0.4) is 0 Å². The van der Waals surface area contributed by atoms with Gasteiger partial charge in [0.1, 0.15) is 0 Å². The van der Waals surface area contributed by atoms with Gasteiger partial charge in [0.25, 0.3) is 0 Å². The molecule has 0 saturated carbocycles. The van der Waals surface area contributed by atoms with Crippen molar-refractivity contribution in [3.8, 4) is 0 Å². The van der Waals surface area contributed by atoms with Crippen molar-refractivity contribution in [1.29, 1.82) is 0 Å². The van der Waals surface area contributed by atoms with Crippen LogP contribution in [0.1, 0.15) is 43.4 Å². The van der Waals surface area contributed by atoms with Crippen LogP contribution in [0, 0.1) is 0 Å². The molecule has 2 heterocycles. The number of allylic oxidation sites excluding steroid dienone is 3. The first-order valence-corrected chi connectivity index (χ1v) is 12.4. The van der Waals surface area contributed by atoms with E-state index in [1.165, 1.54) is 12.0 Å². The fourth-order valence-electron chi connectivity index (χ4n) is 4.78. The van der Waals surface area contributed by atoms with Gasteiger partial charge in [0.2, 0.25) is 0 Å². The van der Waals surface area contributed by atoms with Crippen molar-refractivity contribution in [2.24, 2.45) is 4.99 Å². The molecule has 1 aromatic carbocycles. The minimum atomic E-state index is -1.91. The van der Waals surface area contributed by atoms with Gasteiger partial charge in [0, 0.05) is 43.8 Å². The average Bonchev–Trinajstić information content (AvgIpc) is 3.12. The van der Waals surface area contributed by atoms with Gasteiger partial charge in [0.05, 0.1) is 11.4 Å². The maximum Gasteiger partial charge on any atom is 0.167 e. The molecule has 0 amide bonds. The van der Waals surface area contributed by atoms with Gasteiger partial charge in [-0.25, -0.2) is 4.21 Å². The fraction of sp³-hybridized carbons (Fsp3) is 0.500. The Morgan fingerprint density at radius 3 is 2.71 bits per heavy atom. The van der Waals surface area contributed by atoms with E-state index in [-0.39, 0.29) is 11.5 Å². The first-order valence-electron chi connectivity index (χ1n) is 11.1. The molecule has 31 heavy (non-hydrogen) atoms. The molecular weight excluding hydrogens is 410 g/mol. The third-order valence-corrected chi connectivity index (χ3v) is 6.99. The molecule has 0 aromatic heterocycles. The maximum absolute atomic E-state index is 12.9. The summed E-state index contributed by atoms with van der Waals surface area (Å²) in [4.78, 5) is 22.4. The number of carbonyl (C=O) groups excluding carboxylic acids is 1. The van der Waals surface area contributed by atoms with Gasteiger partial charge in [-0.2, -0.15) is 0 Å². The van der Waals surface area contributed by atoms with E-state index in [2.05, 4.69) is 39.9 Å². The summed E-state index contributed by atoms with van der Waals surface area (Å²) in [6.45, 7) is 10.5. The molecule has 1 aliphatic carbocycles. The Balaban J connectivity index is 1.58. The van der Waals surface area contributed by atoms with Crippen molar-refractivity contribution in [2.75, 3.05) is 38.5 Å². The second kappa shape index (κ2) is 9.69. The molecule has 1 atom stereocenters. The monoisotopic (exact) mass is 441 g/mol. The van der Waals surface area contributed by atoms with E-state index in [0.29, 0.717) is 18.5 Å². The van der Waals surface area contributed by atoms with Crippen molar-refractivity contribution >= 4 is 28.1 Å². The Morgan fingerprint density at radius 1 is 1.16 bits per heavy atom. The predicted molar refractivity (Wildman–Crippen MR) is 126 cm³/mol. The van der Waals surface area contributed by atoms with Crippen LogP contribution in [0.15, 0.2) is 40.5 Å². The third-order valence-electron chi connectivity index (χ3n) is 6.47. The number of nitrogens with zero attached hydrogens (tertiary/aromatic N) is 3. The lowest BCUT2D eigenvalue weighted by Gasteiger charge is -2.22. The van der Waals surface area contributed by atoms with Gasteiger partial charge < -0.3 is 9.45 Å². The topological polar surface area (TPSA) is 73.2 Å². The molecular formula is C24H31N3O3S. The summed E-state index contributed by atoms with van der Waals surface area (Å²) in [6.07, 6.45) is 4.14. The standard InChI is InChI=1S/C24H31N3O3S/c1-3-26-8-5-9-27(11-10-26)15-19-7-4-6-18-13-23(28)21(24(18)19)14-20-12-17(2)22(25-20)16-31(29)30/h4,6-7,14H,3,5,8-13,15-16H2,1-2H3,(H,29,30)/b21-14+. The SMILES string of the molecule is CCN1CCCN(Cc2cccc3c2/C(=C/C2=NC(CS(=O)O)=C(C)C2)C(=O)C3)CC1. The van der Waals surface area contributed by atoms with Crippen LogP contribution in [-0.4, -0.2) is 68.5 Å². The van der Waals surface area contributed by atoms with Crippen LogP contribution in [0.4, 0.5) is 0 Å². The Hall–Kier alpha value is -1.93. The second-order valence-corrected chi connectivity index (χ2v) is 9.58. The molecule has 166 valence electrons. The number of hydrogen-bond donors (Lipinski definition) is 1. The van der Waals surface area contributed by atoms with Gasteiger partial charge in [-0.1, -0.05) is 25.1 Å². The number of Topliss-reactive ketones (excluding diaryl/α,β-unsaturated/α-hetero) is 1. The van der Waals surface area contributed by atoms with E-state index in [1.807, 2.05) is 13.0 Å². The molecule has 2 aliphatic heterocycles. The van der Waals surface area contributed by atoms with Crippen molar-refractivity contribution in [1.82, 2.24) is 9.80 Å². The van der Waals surface area contributed by atoms with E-state index in [4.69, 9.17) is 0 Å². The van der Waals surface area contributed by atoms with Crippen molar-refractivity contribution in [3.05, 3.63) is 52.2 Å². The number of hydrogen-bond acceptors (Lipinski definition) is 5. The molecule has 1 unspecified atom stereocenters. The van der Waals surface area contributed by atoms with Gasteiger partial charge in [-0.15, -0.1) is 0 Å². The Bertz CT molecular complexity index is 996. The number of carbonyl (C=O) groups is 1. The predicted octanol–water partition coefficient (Wildman–Crippen LogP) is 3.06. The van der Waals surface area contributed by atoms with Crippen LogP contribution < -0.4 is 0 Å². The zero-order valence-corrected chi connectivity index (χ0v) is 19.2. The van der Waals surface area contributed by atoms with E-state index < -0.39 is 11.1 Å². The molecule has 6 nitrogen and oxygen atoms in total. The molecule has 4 rings (SSSR count). The van der Waals surface area contributed by atoms with Crippen LogP contribution >= 0.6 is 0 Å². The lowest BCUT2D eigenvalue weighted by Crippen LogP contribution is -2.30. The normalized spacial score (nSPS) is 22.7. The highest BCUT2D eigenvalue weighted by Crippen LogP contribution is 2.34. The van der Waals surface area contributed by atoms with Gasteiger partial charge >= 0.3 is 0 Å². The molecule has 0 radical (unpaired) electrons. The first kappa shape index (κ1) is 22.3. The zero-order valence-electron chi connectivity index (χ0n) is 18.4. The van der Waals surface area contributed by atoms with Gasteiger partial charge in [0.15, 0.2) is 16.9 Å². The van der Waals surface area contributed by atoms with Crippen molar-refractivity contribution in [2.45, 2.75) is 39.7 Å². The number of likely N-dealkylation sites (N-methyl/N-ethyl adjacent to an activating group) is 1. The second-order valence-electron chi connectivity index (χ2n) is 8.65. The summed E-state index contributed by atoms with van der Waals surface area (Å²) in [6, 6.07) is 6.27. The van der Waals surface area contributed by atoms with E-state index in [0.717, 1.165) is 67.3 Å². The van der Waals surface area contributed by atoms with Crippen molar-refractivity contribution in [3.63, 3.8) is 0 Å². The van der Waals surface area contributed by atoms with E-state index in [9.17, 15) is 13.6 Å². The summed E-state index contributed by atoms with van der Waals surface area (Å²) >= 11 is -1.91. The smallest absolute Gasteiger partial charge is 0.167 e. The summed E-state index contributed by atoms with van der Waals surface area (Å²) in [5.41, 5.74) is 6.59. The Labute approximate surface area is 187 Å². The molecule has 0 spiro atoms. The summed E-state index contributed by atoms with van der Waals surface area (Å²) < 4.78 is 20.4. The largest absolute Gasteiger partial charge is 0.306 e. The average molecular weight is 442 g/mol. The third kappa shape index (κ3) is 5.12. The molecule has 1 fully saturated rings. The molecule has 1 N–H and O–H groups in total. The number of benzene rings is 1. The lowest BCUT2D eigenvalue weighted by atomic mass is 9.98. The molecule has 1 aromatic rings. The number of aliphatic imine (C=N–C) groups is 1. The number of rotatable bonds is 6. The van der Waals surface area contributed by atoms with Crippen LogP contribution in [0.5, 0.6) is 0 Å². The molecule has 0 bridgehead atoms. The fourth-order valence-corrected chi connectivity index (χ4v) is 5.33. The number of ketones is 1. The van der Waals surface area contributed by atoms with Crippen LogP contribution in [0.25, 0.3) is 5.57 Å². The number of fused-ring (bicyclic) bond motifs is 1.